The zero-order valence-electron chi connectivity index (χ0n) is 16.4. The van der Waals surface area contributed by atoms with Gasteiger partial charge in [0, 0.05) is 29.1 Å². The van der Waals surface area contributed by atoms with Gasteiger partial charge in [0.25, 0.3) is 0 Å². The van der Waals surface area contributed by atoms with E-state index in [2.05, 4.69) is 38.9 Å². The Hall–Kier alpha value is -2.74. The summed E-state index contributed by atoms with van der Waals surface area (Å²) in [5.41, 5.74) is 8.16. The highest BCUT2D eigenvalue weighted by Crippen LogP contribution is 2.24. The molecule has 0 aliphatic heterocycles. The molecule has 2 aromatic rings. The summed E-state index contributed by atoms with van der Waals surface area (Å²) in [6.45, 7) is 8.55. The van der Waals surface area contributed by atoms with Crippen molar-refractivity contribution in [3.05, 3.63) is 30.1 Å². The van der Waals surface area contributed by atoms with Gasteiger partial charge in [0.1, 0.15) is 6.61 Å². The SMILES string of the molecule is COC(=O)Nc1nccc(-c2cnc(OC[C@](C)(N)CC(C)C)c(C)c2)n1. The number of nitrogens with two attached hydrogens (primary N) is 1. The third kappa shape index (κ3) is 6.18. The molecule has 8 heteroatoms. The molecule has 2 aromatic heterocycles. The Morgan fingerprint density at radius 3 is 2.74 bits per heavy atom. The van der Waals surface area contributed by atoms with E-state index < -0.39 is 11.6 Å². The van der Waals surface area contributed by atoms with Gasteiger partial charge in [-0.1, -0.05) is 13.8 Å². The summed E-state index contributed by atoms with van der Waals surface area (Å²) >= 11 is 0. The maximum Gasteiger partial charge on any atom is 0.413 e. The van der Waals surface area contributed by atoms with Crippen LogP contribution < -0.4 is 15.8 Å². The Bertz CT molecular complexity index is 793. The molecule has 2 rings (SSSR count). The standard InChI is InChI=1S/C19H27N5O3/c1-12(2)9-19(4,20)11-27-16-13(3)8-14(10-22-16)15-6-7-21-17(23-15)24-18(25)26-5/h6-8,10,12H,9,11,20H2,1-5H3,(H,21,23,24,25)/t19-/m1/s1. The highest BCUT2D eigenvalue weighted by molar-refractivity contribution is 5.82. The number of nitrogens with one attached hydrogen (secondary N) is 1. The molecule has 0 bridgehead atoms. The molecule has 0 spiro atoms. The summed E-state index contributed by atoms with van der Waals surface area (Å²) in [6, 6.07) is 3.65. The highest BCUT2D eigenvalue weighted by Gasteiger charge is 2.21. The Labute approximate surface area is 159 Å². The topological polar surface area (TPSA) is 112 Å². The van der Waals surface area contributed by atoms with Gasteiger partial charge in [0.15, 0.2) is 0 Å². The largest absolute Gasteiger partial charge is 0.476 e. The molecular formula is C19H27N5O3. The first-order chi connectivity index (χ1) is 12.7. The first-order valence-corrected chi connectivity index (χ1v) is 8.77. The number of rotatable bonds is 7. The minimum Gasteiger partial charge on any atom is -0.476 e. The van der Waals surface area contributed by atoms with Crippen LogP contribution in [-0.4, -0.2) is 40.3 Å². The number of carbonyl (C=O) groups excluding carboxylic acids is 1. The van der Waals surface area contributed by atoms with E-state index in [0.29, 0.717) is 24.1 Å². The molecule has 0 aliphatic carbocycles. The quantitative estimate of drug-likeness (QED) is 0.766. The van der Waals surface area contributed by atoms with Gasteiger partial charge < -0.3 is 15.2 Å². The molecule has 27 heavy (non-hydrogen) atoms. The first kappa shape index (κ1) is 20.6. The average molecular weight is 373 g/mol. The van der Waals surface area contributed by atoms with E-state index in [1.807, 2.05) is 19.9 Å². The molecule has 0 unspecified atom stereocenters. The van der Waals surface area contributed by atoms with Gasteiger partial charge in [-0.2, -0.15) is 0 Å². The molecule has 0 aliphatic rings. The summed E-state index contributed by atoms with van der Waals surface area (Å²) in [4.78, 5) is 24.0. The second-order valence-electron chi connectivity index (χ2n) is 7.27. The number of methoxy groups -OCH3 is 1. The first-order valence-electron chi connectivity index (χ1n) is 8.77. The Balaban J connectivity index is 2.12. The maximum atomic E-state index is 11.3. The van der Waals surface area contributed by atoms with Crippen LogP contribution in [-0.2, 0) is 4.74 Å². The summed E-state index contributed by atoms with van der Waals surface area (Å²) in [7, 11) is 1.28. The Morgan fingerprint density at radius 2 is 2.11 bits per heavy atom. The lowest BCUT2D eigenvalue weighted by molar-refractivity contribution is 0.186. The molecule has 0 fully saturated rings. The van der Waals surface area contributed by atoms with Crippen LogP contribution >= 0.6 is 0 Å². The molecular weight excluding hydrogens is 346 g/mol. The predicted octanol–water partition coefficient (Wildman–Crippen LogP) is 3.17. The summed E-state index contributed by atoms with van der Waals surface area (Å²) in [5.74, 6) is 1.19. The van der Waals surface area contributed by atoms with Crippen LogP contribution in [0.4, 0.5) is 10.7 Å². The molecule has 0 aromatic carbocycles. The molecule has 8 nitrogen and oxygen atoms in total. The zero-order valence-corrected chi connectivity index (χ0v) is 16.4. The average Bonchev–Trinajstić information content (AvgIpc) is 2.59. The maximum absolute atomic E-state index is 11.3. The van der Waals surface area contributed by atoms with Crippen LogP contribution in [0, 0.1) is 12.8 Å². The molecule has 0 radical (unpaired) electrons. The molecule has 0 saturated heterocycles. The van der Waals surface area contributed by atoms with Gasteiger partial charge in [0.2, 0.25) is 11.8 Å². The number of amides is 1. The number of aromatic nitrogens is 3. The van der Waals surface area contributed by atoms with Crippen molar-refractivity contribution in [1.29, 1.82) is 0 Å². The van der Waals surface area contributed by atoms with Gasteiger partial charge in [-0.25, -0.2) is 19.7 Å². The van der Waals surface area contributed by atoms with E-state index in [1.54, 1.807) is 18.5 Å². The fourth-order valence-corrected chi connectivity index (χ4v) is 2.80. The Morgan fingerprint density at radius 1 is 1.37 bits per heavy atom. The van der Waals surface area contributed by atoms with E-state index >= 15 is 0 Å². The van der Waals surface area contributed by atoms with Gasteiger partial charge in [0.05, 0.1) is 12.8 Å². The summed E-state index contributed by atoms with van der Waals surface area (Å²) in [6.07, 6.45) is 3.46. The van der Waals surface area contributed by atoms with Gasteiger partial charge in [-0.15, -0.1) is 0 Å². The van der Waals surface area contributed by atoms with E-state index in [4.69, 9.17) is 10.5 Å². The van der Waals surface area contributed by atoms with Crippen molar-refractivity contribution in [2.45, 2.75) is 39.7 Å². The molecule has 1 amide bonds. The van der Waals surface area contributed by atoms with Crippen LogP contribution in [0.15, 0.2) is 24.5 Å². The van der Waals surface area contributed by atoms with Crippen molar-refractivity contribution in [2.24, 2.45) is 11.7 Å². The molecule has 1 atom stereocenters. The molecule has 3 N–H and O–H groups in total. The van der Waals surface area contributed by atoms with E-state index in [1.165, 1.54) is 7.11 Å². The van der Waals surface area contributed by atoms with Gasteiger partial charge in [-0.05, 0) is 38.3 Å². The van der Waals surface area contributed by atoms with Gasteiger partial charge in [-0.3, -0.25) is 5.32 Å². The molecule has 146 valence electrons. The normalized spacial score (nSPS) is 13.1. The molecule has 0 saturated carbocycles. The van der Waals surface area contributed by atoms with Crippen molar-refractivity contribution in [3.8, 4) is 17.1 Å². The minimum atomic E-state index is -0.628. The lowest BCUT2D eigenvalue weighted by atomic mass is 9.93. The smallest absolute Gasteiger partial charge is 0.413 e. The number of ether oxygens (including phenoxy) is 2. The number of aryl methyl sites for hydroxylation is 1. The summed E-state index contributed by atoms with van der Waals surface area (Å²) < 4.78 is 10.4. The van der Waals surface area contributed by atoms with Crippen LogP contribution in [0.2, 0.25) is 0 Å². The highest BCUT2D eigenvalue weighted by atomic mass is 16.5. The number of carbonyl (C=O) groups is 1. The second kappa shape index (κ2) is 8.77. The second-order valence-corrected chi connectivity index (χ2v) is 7.27. The van der Waals surface area contributed by atoms with Crippen molar-refractivity contribution in [2.75, 3.05) is 19.0 Å². The predicted molar refractivity (Wildman–Crippen MR) is 104 cm³/mol. The van der Waals surface area contributed by atoms with Crippen LogP contribution in [0.25, 0.3) is 11.3 Å². The lowest BCUT2D eigenvalue weighted by Gasteiger charge is -2.26. The zero-order chi connectivity index (χ0) is 20.0. The van der Waals surface area contributed by atoms with Crippen molar-refractivity contribution in [3.63, 3.8) is 0 Å². The third-order valence-electron chi connectivity index (χ3n) is 3.79. The van der Waals surface area contributed by atoms with E-state index in [9.17, 15) is 4.79 Å². The van der Waals surface area contributed by atoms with Crippen molar-refractivity contribution in [1.82, 2.24) is 15.0 Å². The number of anilines is 1. The summed E-state index contributed by atoms with van der Waals surface area (Å²) in [5, 5.41) is 2.44. The molecule has 2 heterocycles. The van der Waals surface area contributed by atoms with Crippen LogP contribution in [0.1, 0.15) is 32.8 Å². The fourth-order valence-electron chi connectivity index (χ4n) is 2.80. The van der Waals surface area contributed by atoms with E-state index in [-0.39, 0.29) is 5.95 Å². The minimum absolute atomic E-state index is 0.157. The van der Waals surface area contributed by atoms with Gasteiger partial charge >= 0.3 is 6.09 Å². The fraction of sp³-hybridized carbons (Fsp3) is 0.474. The number of nitrogens with zero attached hydrogens (tertiary/aromatic N) is 3. The lowest BCUT2D eigenvalue weighted by Crippen LogP contribution is -2.43. The number of hydrogen-bond acceptors (Lipinski definition) is 7. The monoisotopic (exact) mass is 373 g/mol. The van der Waals surface area contributed by atoms with Crippen LogP contribution in [0.5, 0.6) is 5.88 Å². The van der Waals surface area contributed by atoms with E-state index in [0.717, 1.165) is 17.5 Å². The number of pyridine rings is 1. The van der Waals surface area contributed by atoms with Crippen molar-refractivity contribution >= 4 is 12.0 Å². The van der Waals surface area contributed by atoms with Crippen LogP contribution in [0.3, 0.4) is 0 Å². The van der Waals surface area contributed by atoms with Crippen molar-refractivity contribution < 1.29 is 14.3 Å². The Kier molecular flexibility index (Phi) is 6.68. The third-order valence-corrected chi connectivity index (χ3v) is 3.79. The number of hydrogen-bond donors (Lipinski definition) is 2.